The molecule has 0 aliphatic carbocycles. The lowest BCUT2D eigenvalue weighted by Crippen LogP contribution is -3.00. The number of hydrogen-bond acceptors (Lipinski definition) is 3. The molecule has 1 N–H and O–H groups in total. The van der Waals surface area contributed by atoms with Crippen molar-refractivity contribution in [2.75, 3.05) is 6.61 Å². The monoisotopic (exact) mass is 556 g/mol. The second-order valence-electron chi connectivity index (χ2n) is 8.37. The van der Waals surface area contributed by atoms with E-state index in [4.69, 9.17) is 4.74 Å². The Hall–Kier alpha value is -3.36. The fourth-order valence-corrected chi connectivity index (χ4v) is 4.01. The standard InChI is InChI=1S/C28H27F2N2O3.BrH/c1-21-31(17-18-32(21)20-22-6-3-2-4-7-22)16-5-19-35-27(33)28(34,23-8-12-25(29)13-9-23)24-10-14-26(30)15-11-24;/h2-4,6-15,17-18,34H,5,16,19-20H2,1H3;1H/q+1;/p-1. The molecule has 188 valence electrons. The number of nitrogens with zero attached hydrogens (tertiary/aromatic N) is 2. The molecule has 36 heavy (non-hydrogen) atoms. The summed E-state index contributed by atoms with van der Waals surface area (Å²) >= 11 is 0. The molecule has 0 aliphatic heterocycles. The summed E-state index contributed by atoms with van der Waals surface area (Å²) < 4.78 is 36.6. The van der Waals surface area contributed by atoms with E-state index in [1.807, 2.05) is 37.5 Å². The van der Waals surface area contributed by atoms with Gasteiger partial charge in [0, 0.05) is 13.3 Å². The zero-order valence-electron chi connectivity index (χ0n) is 19.8. The summed E-state index contributed by atoms with van der Waals surface area (Å²) in [4.78, 5) is 13.1. The van der Waals surface area contributed by atoms with Crippen LogP contribution in [0.15, 0.2) is 91.3 Å². The molecule has 0 saturated heterocycles. The smallest absolute Gasteiger partial charge is 0.347 e. The molecule has 4 rings (SSSR count). The highest BCUT2D eigenvalue weighted by molar-refractivity contribution is 5.85. The van der Waals surface area contributed by atoms with Gasteiger partial charge >= 0.3 is 5.97 Å². The Morgan fingerprint density at radius 2 is 1.50 bits per heavy atom. The van der Waals surface area contributed by atoms with Crippen LogP contribution in [-0.2, 0) is 28.2 Å². The van der Waals surface area contributed by atoms with Crippen molar-refractivity contribution in [2.24, 2.45) is 0 Å². The van der Waals surface area contributed by atoms with Crippen molar-refractivity contribution in [2.45, 2.75) is 32.0 Å². The van der Waals surface area contributed by atoms with Crippen LogP contribution >= 0.6 is 0 Å². The van der Waals surface area contributed by atoms with Crippen molar-refractivity contribution < 1.29 is 45.0 Å². The average Bonchev–Trinajstić information content (AvgIpc) is 3.21. The summed E-state index contributed by atoms with van der Waals surface area (Å²) in [6.07, 6.45) is 4.51. The van der Waals surface area contributed by atoms with Gasteiger partial charge in [-0.2, -0.15) is 0 Å². The molecule has 5 nitrogen and oxygen atoms in total. The first-order valence-electron chi connectivity index (χ1n) is 11.4. The second kappa shape index (κ2) is 12.1. The molecule has 0 atom stereocenters. The third kappa shape index (κ3) is 6.06. The first-order chi connectivity index (χ1) is 16.9. The maximum atomic E-state index is 13.4. The SMILES string of the molecule is Cc1n(CCCOC(=O)C(O)(c2ccc(F)cc2)c2ccc(F)cc2)cc[n+]1Cc1ccccc1.[Br-]. The molecule has 0 bridgehead atoms. The van der Waals surface area contributed by atoms with Gasteiger partial charge in [-0.15, -0.1) is 0 Å². The van der Waals surface area contributed by atoms with E-state index in [0.29, 0.717) is 13.0 Å². The van der Waals surface area contributed by atoms with Crippen molar-refractivity contribution in [1.29, 1.82) is 0 Å². The third-order valence-corrected chi connectivity index (χ3v) is 6.05. The molecule has 8 heteroatoms. The molecule has 3 aromatic carbocycles. The fraction of sp³-hybridized carbons (Fsp3) is 0.214. The second-order valence-corrected chi connectivity index (χ2v) is 8.37. The Labute approximate surface area is 219 Å². The van der Waals surface area contributed by atoms with Crippen LogP contribution in [0.1, 0.15) is 28.9 Å². The van der Waals surface area contributed by atoms with Crippen LogP contribution in [0.25, 0.3) is 0 Å². The van der Waals surface area contributed by atoms with Crippen molar-refractivity contribution in [3.05, 3.63) is 125 Å². The summed E-state index contributed by atoms with van der Waals surface area (Å²) in [5, 5.41) is 11.4. The minimum atomic E-state index is -2.19. The molecule has 4 aromatic rings. The average molecular weight is 557 g/mol. The summed E-state index contributed by atoms with van der Waals surface area (Å²) in [7, 11) is 0. The highest BCUT2D eigenvalue weighted by Gasteiger charge is 2.41. The largest absolute Gasteiger partial charge is 1.00 e. The highest BCUT2D eigenvalue weighted by Crippen LogP contribution is 2.31. The van der Waals surface area contributed by atoms with E-state index in [9.17, 15) is 18.7 Å². The Morgan fingerprint density at radius 3 is 2.06 bits per heavy atom. The van der Waals surface area contributed by atoms with Crippen LogP contribution in [0.5, 0.6) is 0 Å². The van der Waals surface area contributed by atoms with Crippen LogP contribution in [0.3, 0.4) is 0 Å². The lowest BCUT2D eigenvalue weighted by Gasteiger charge is -2.27. The first kappa shape index (κ1) is 27.2. The molecule has 1 aromatic heterocycles. The van der Waals surface area contributed by atoms with E-state index < -0.39 is 23.2 Å². The fourth-order valence-electron chi connectivity index (χ4n) is 4.01. The molecular formula is C28H27BrF2N2O3. The topological polar surface area (TPSA) is 55.3 Å². The van der Waals surface area contributed by atoms with E-state index in [1.54, 1.807) is 0 Å². The lowest BCUT2D eigenvalue weighted by atomic mass is 9.86. The van der Waals surface area contributed by atoms with Gasteiger partial charge in [0.15, 0.2) is 0 Å². The third-order valence-electron chi connectivity index (χ3n) is 6.05. The van der Waals surface area contributed by atoms with Gasteiger partial charge < -0.3 is 26.8 Å². The number of aromatic nitrogens is 2. The number of carbonyl (C=O) groups excluding carboxylic acids is 1. The number of imidazole rings is 1. The van der Waals surface area contributed by atoms with Crippen LogP contribution in [-0.4, -0.2) is 22.2 Å². The van der Waals surface area contributed by atoms with Crippen molar-refractivity contribution in [3.8, 4) is 0 Å². The molecule has 0 amide bonds. The van der Waals surface area contributed by atoms with E-state index in [1.165, 1.54) is 29.8 Å². The van der Waals surface area contributed by atoms with Crippen molar-refractivity contribution >= 4 is 5.97 Å². The minimum Gasteiger partial charge on any atom is -1.00 e. The number of esters is 1. The maximum Gasteiger partial charge on any atom is 0.347 e. The Kier molecular flexibility index (Phi) is 9.12. The number of aryl methyl sites for hydroxylation is 1. The Balaban J connectivity index is 0.00000361. The van der Waals surface area contributed by atoms with Gasteiger partial charge in [-0.05, 0) is 41.0 Å². The van der Waals surface area contributed by atoms with Gasteiger partial charge in [0.05, 0.1) is 13.2 Å². The zero-order chi connectivity index (χ0) is 24.8. The summed E-state index contributed by atoms with van der Waals surface area (Å²) in [6.45, 7) is 3.47. The van der Waals surface area contributed by atoms with Gasteiger partial charge in [-0.25, -0.2) is 22.7 Å². The van der Waals surface area contributed by atoms with E-state index in [2.05, 4.69) is 21.3 Å². The molecule has 0 unspecified atom stereocenters. The minimum absolute atomic E-state index is 0. The van der Waals surface area contributed by atoms with Crippen LogP contribution in [0, 0.1) is 18.6 Å². The molecular weight excluding hydrogens is 530 g/mol. The quantitative estimate of drug-likeness (QED) is 0.192. The van der Waals surface area contributed by atoms with Gasteiger partial charge in [0.25, 0.3) is 5.82 Å². The number of hydrogen-bond donors (Lipinski definition) is 1. The Morgan fingerprint density at radius 1 is 0.944 bits per heavy atom. The van der Waals surface area contributed by atoms with Gasteiger partial charge in [-0.3, -0.25) is 0 Å². The van der Waals surface area contributed by atoms with E-state index in [0.717, 1.165) is 36.6 Å². The first-order valence-corrected chi connectivity index (χ1v) is 11.4. The summed E-state index contributed by atoms with van der Waals surface area (Å²) in [5.74, 6) is -0.848. The van der Waals surface area contributed by atoms with Crippen LogP contribution in [0.4, 0.5) is 8.78 Å². The van der Waals surface area contributed by atoms with Crippen molar-refractivity contribution in [3.63, 3.8) is 0 Å². The Bertz CT molecular complexity index is 1230. The predicted octanol–water partition coefficient (Wildman–Crippen LogP) is 1.28. The highest BCUT2D eigenvalue weighted by atomic mass is 79.9. The normalized spacial score (nSPS) is 11.1. The van der Waals surface area contributed by atoms with Gasteiger partial charge in [0.2, 0.25) is 5.60 Å². The van der Waals surface area contributed by atoms with Crippen LogP contribution in [0.2, 0.25) is 0 Å². The zero-order valence-corrected chi connectivity index (χ0v) is 21.4. The van der Waals surface area contributed by atoms with Gasteiger partial charge in [-0.1, -0.05) is 54.6 Å². The summed E-state index contributed by atoms with van der Waals surface area (Å²) in [5.41, 5.74) is -0.714. The maximum absolute atomic E-state index is 13.4. The molecule has 1 heterocycles. The van der Waals surface area contributed by atoms with E-state index >= 15 is 0 Å². The number of carbonyl (C=O) groups is 1. The molecule has 0 spiro atoms. The van der Waals surface area contributed by atoms with E-state index in [-0.39, 0.29) is 34.7 Å². The molecule has 0 radical (unpaired) electrons. The number of rotatable bonds is 9. The molecule has 0 saturated carbocycles. The lowest BCUT2D eigenvalue weighted by molar-refractivity contribution is -0.694. The number of aliphatic hydroxyl groups is 1. The number of ether oxygens (including phenoxy) is 1. The number of halogens is 3. The van der Waals surface area contributed by atoms with Crippen molar-refractivity contribution in [1.82, 2.24) is 4.57 Å². The number of benzene rings is 3. The van der Waals surface area contributed by atoms with Crippen LogP contribution < -0.4 is 21.5 Å². The molecule has 0 fully saturated rings. The predicted molar refractivity (Wildman–Crippen MR) is 126 cm³/mol. The summed E-state index contributed by atoms with van der Waals surface area (Å²) in [6, 6.07) is 20.0. The molecule has 0 aliphatic rings. The van der Waals surface area contributed by atoms with Gasteiger partial charge in [0.1, 0.15) is 30.6 Å².